The maximum absolute atomic E-state index is 13.5. The first-order valence-electron chi connectivity index (χ1n) is 10.8. The number of ether oxygens (including phenoxy) is 1. The molecule has 5 nitrogen and oxygen atoms in total. The zero-order valence-corrected chi connectivity index (χ0v) is 18.7. The minimum Gasteiger partial charge on any atom is -0.494 e. The van der Waals surface area contributed by atoms with Crippen molar-refractivity contribution in [2.24, 2.45) is 5.92 Å². The Morgan fingerprint density at radius 3 is 2.39 bits per heavy atom. The first kappa shape index (κ1) is 21.4. The molecule has 4 rings (SSSR count). The highest BCUT2D eigenvalue weighted by atomic mass is 35.5. The Hall–Kier alpha value is -2.79. The Bertz CT molecular complexity index is 998. The molecule has 2 aromatic carbocycles. The van der Waals surface area contributed by atoms with Gasteiger partial charge in [-0.15, -0.1) is 0 Å². The zero-order valence-electron chi connectivity index (χ0n) is 17.9. The smallest absolute Gasteiger partial charge is 0.278 e. The molecule has 1 atom stereocenters. The zero-order chi connectivity index (χ0) is 22.0. The average molecular weight is 439 g/mol. The van der Waals surface area contributed by atoms with Gasteiger partial charge in [-0.3, -0.25) is 14.5 Å². The summed E-state index contributed by atoms with van der Waals surface area (Å²) >= 11 is 5.99. The third kappa shape index (κ3) is 4.47. The summed E-state index contributed by atoms with van der Waals surface area (Å²) in [6.45, 7) is 6.49. The summed E-state index contributed by atoms with van der Waals surface area (Å²) in [5.41, 5.74) is 2.62. The van der Waals surface area contributed by atoms with Crippen molar-refractivity contribution in [3.63, 3.8) is 0 Å². The van der Waals surface area contributed by atoms with E-state index in [1.54, 1.807) is 12.1 Å². The van der Waals surface area contributed by atoms with E-state index in [4.69, 9.17) is 16.3 Å². The van der Waals surface area contributed by atoms with Crippen molar-refractivity contribution < 1.29 is 14.3 Å². The van der Waals surface area contributed by atoms with E-state index in [2.05, 4.69) is 11.8 Å². The van der Waals surface area contributed by atoms with Gasteiger partial charge in [0.2, 0.25) is 0 Å². The number of carbonyl (C=O) groups is 2. The van der Waals surface area contributed by atoms with Crippen molar-refractivity contribution in [1.29, 1.82) is 0 Å². The highest BCUT2D eigenvalue weighted by molar-refractivity contribution is 6.35. The van der Waals surface area contributed by atoms with Gasteiger partial charge in [0.05, 0.1) is 18.7 Å². The summed E-state index contributed by atoms with van der Waals surface area (Å²) in [4.78, 5) is 30.4. The van der Waals surface area contributed by atoms with Crippen molar-refractivity contribution in [2.75, 3.05) is 19.7 Å². The van der Waals surface area contributed by atoms with E-state index in [0.717, 1.165) is 42.8 Å². The number of likely N-dealkylation sites (tertiary alicyclic amines) is 1. The number of rotatable bonds is 6. The Balaban J connectivity index is 1.70. The predicted molar refractivity (Wildman–Crippen MR) is 122 cm³/mol. The number of imide groups is 1. The number of hydrogen-bond acceptors (Lipinski definition) is 4. The molecule has 2 heterocycles. The first-order valence-corrected chi connectivity index (χ1v) is 11.2. The van der Waals surface area contributed by atoms with Crippen molar-refractivity contribution in [3.8, 4) is 5.75 Å². The largest absolute Gasteiger partial charge is 0.494 e. The fourth-order valence-corrected chi connectivity index (χ4v) is 4.44. The Morgan fingerprint density at radius 2 is 1.74 bits per heavy atom. The topological polar surface area (TPSA) is 49.9 Å². The van der Waals surface area contributed by atoms with Gasteiger partial charge in [-0.05, 0) is 61.1 Å². The molecule has 2 aliphatic rings. The summed E-state index contributed by atoms with van der Waals surface area (Å²) in [6, 6.07) is 14.7. The molecule has 1 fully saturated rings. The van der Waals surface area contributed by atoms with Gasteiger partial charge in [0.15, 0.2) is 0 Å². The second-order valence-electron chi connectivity index (χ2n) is 8.20. The molecule has 2 aromatic rings. The van der Waals surface area contributed by atoms with E-state index in [9.17, 15) is 9.59 Å². The molecule has 2 aliphatic heterocycles. The van der Waals surface area contributed by atoms with E-state index in [0.29, 0.717) is 28.8 Å². The van der Waals surface area contributed by atoms with Crippen LogP contribution < -0.4 is 4.74 Å². The van der Waals surface area contributed by atoms with E-state index in [1.165, 1.54) is 4.90 Å². The minimum absolute atomic E-state index is 0.224. The van der Waals surface area contributed by atoms with E-state index >= 15 is 0 Å². The molecule has 31 heavy (non-hydrogen) atoms. The summed E-state index contributed by atoms with van der Waals surface area (Å²) in [7, 11) is 0. The van der Waals surface area contributed by atoms with Gasteiger partial charge in [-0.25, -0.2) is 0 Å². The van der Waals surface area contributed by atoms with Gasteiger partial charge >= 0.3 is 0 Å². The molecule has 0 aliphatic carbocycles. The fraction of sp³-hybridized carbons (Fsp3) is 0.360. The molecule has 0 saturated carbocycles. The quantitative estimate of drug-likeness (QED) is 0.610. The lowest BCUT2D eigenvalue weighted by Crippen LogP contribution is -2.39. The number of piperidine rings is 1. The summed E-state index contributed by atoms with van der Waals surface area (Å²) in [6.07, 6.45) is 2.15. The highest BCUT2D eigenvalue weighted by Crippen LogP contribution is 2.35. The maximum atomic E-state index is 13.5. The third-order valence-electron chi connectivity index (χ3n) is 5.82. The molecule has 1 unspecified atom stereocenters. The number of carbonyl (C=O) groups excluding carboxylic acids is 2. The van der Waals surface area contributed by atoms with Gasteiger partial charge in [0.1, 0.15) is 11.4 Å². The SMILES string of the molecule is CCOc1ccc(C2=C(N3CCCC(C)C3)C(=O)N(Cc3ccc(Cl)cc3)C2=O)cc1. The van der Waals surface area contributed by atoms with Crippen molar-refractivity contribution in [1.82, 2.24) is 9.80 Å². The van der Waals surface area contributed by atoms with Gasteiger partial charge in [-0.2, -0.15) is 0 Å². The molecule has 6 heteroatoms. The Kier molecular flexibility index (Phi) is 6.33. The molecular weight excluding hydrogens is 412 g/mol. The van der Waals surface area contributed by atoms with E-state index < -0.39 is 0 Å². The van der Waals surface area contributed by atoms with Gasteiger partial charge < -0.3 is 9.64 Å². The maximum Gasteiger partial charge on any atom is 0.278 e. The van der Waals surface area contributed by atoms with Crippen LogP contribution in [0.15, 0.2) is 54.2 Å². The summed E-state index contributed by atoms with van der Waals surface area (Å²) in [5.74, 6) is 0.751. The Labute approximate surface area is 188 Å². The number of amides is 2. The first-order chi connectivity index (χ1) is 15.0. The van der Waals surface area contributed by atoms with Crippen molar-refractivity contribution in [2.45, 2.75) is 33.2 Å². The average Bonchev–Trinajstić information content (AvgIpc) is 3.01. The molecular formula is C25H27ClN2O3. The van der Waals surface area contributed by atoms with E-state index in [1.807, 2.05) is 43.3 Å². The molecule has 0 spiro atoms. The van der Waals surface area contributed by atoms with Crippen LogP contribution in [-0.4, -0.2) is 41.3 Å². The van der Waals surface area contributed by atoms with Gasteiger partial charge in [-0.1, -0.05) is 42.8 Å². The Morgan fingerprint density at radius 1 is 1.03 bits per heavy atom. The number of nitrogens with zero attached hydrogens (tertiary/aromatic N) is 2. The summed E-state index contributed by atoms with van der Waals surface area (Å²) in [5, 5.41) is 0.624. The molecule has 0 aromatic heterocycles. The molecule has 0 bridgehead atoms. The second kappa shape index (κ2) is 9.15. The minimum atomic E-state index is -0.252. The molecule has 1 saturated heterocycles. The van der Waals surface area contributed by atoms with Crippen molar-refractivity contribution in [3.05, 3.63) is 70.4 Å². The number of halogens is 1. The molecule has 0 radical (unpaired) electrons. The predicted octanol–water partition coefficient (Wildman–Crippen LogP) is 4.75. The number of hydrogen-bond donors (Lipinski definition) is 0. The molecule has 0 N–H and O–H groups in total. The van der Waals surface area contributed by atoms with Crippen LogP contribution in [0.3, 0.4) is 0 Å². The second-order valence-corrected chi connectivity index (χ2v) is 8.63. The van der Waals surface area contributed by atoms with Crippen molar-refractivity contribution >= 4 is 29.0 Å². The van der Waals surface area contributed by atoms with Gasteiger partial charge in [0, 0.05) is 18.1 Å². The van der Waals surface area contributed by atoms with E-state index in [-0.39, 0.29) is 18.4 Å². The molecule has 162 valence electrons. The van der Waals surface area contributed by atoms with Crippen LogP contribution in [0.25, 0.3) is 5.57 Å². The van der Waals surface area contributed by atoms with Crippen LogP contribution in [0.2, 0.25) is 5.02 Å². The number of benzene rings is 2. The van der Waals surface area contributed by atoms with Crippen LogP contribution in [0.1, 0.15) is 37.8 Å². The van der Waals surface area contributed by atoms with Crippen LogP contribution >= 0.6 is 11.6 Å². The van der Waals surface area contributed by atoms with Crippen LogP contribution in [0.5, 0.6) is 5.75 Å². The monoisotopic (exact) mass is 438 g/mol. The fourth-order valence-electron chi connectivity index (χ4n) is 4.31. The highest BCUT2D eigenvalue weighted by Gasteiger charge is 2.42. The third-order valence-corrected chi connectivity index (χ3v) is 6.08. The lowest BCUT2D eigenvalue weighted by Gasteiger charge is -2.33. The van der Waals surface area contributed by atoms with Gasteiger partial charge in [0.25, 0.3) is 11.8 Å². The lowest BCUT2D eigenvalue weighted by molar-refractivity contribution is -0.138. The molecule has 2 amide bonds. The van der Waals surface area contributed by atoms with Crippen LogP contribution in [0.4, 0.5) is 0 Å². The normalized spacial score (nSPS) is 19.4. The lowest BCUT2D eigenvalue weighted by atomic mass is 9.97. The van der Waals surface area contributed by atoms with Crippen LogP contribution in [-0.2, 0) is 16.1 Å². The van der Waals surface area contributed by atoms with Crippen LogP contribution in [0, 0.1) is 5.92 Å². The summed E-state index contributed by atoms with van der Waals surface area (Å²) < 4.78 is 5.54. The standard InChI is InChI=1S/C25H27ClN2O3/c1-3-31-21-12-8-19(9-13-21)22-23(27-14-4-5-17(2)15-27)25(30)28(24(22)29)16-18-6-10-20(26)11-7-18/h6-13,17H,3-5,14-16H2,1-2H3.